The number of nitrogens with zero attached hydrogens (tertiary/aromatic N) is 3. The van der Waals surface area contributed by atoms with E-state index in [-0.39, 0.29) is 10.7 Å². The van der Waals surface area contributed by atoms with E-state index >= 15 is 0 Å². The van der Waals surface area contributed by atoms with Crippen LogP contribution < -0.4 is 10.6 Å². The van der Waals surface area contributed by atoms with Crippen LogP contribution in [0.15, 0.2) is 6.20 Å². The molecule has 1 amide bonds. The van der Waals surface area contributed by atoms with Crippen LogP contribution in [0.1, 0.15) is 35.8 Å². The lowest BCUT2D eigenvalue weighted by atomic mass is 9.84. The van der Waals surface area contributed by atoms with Gasteiger partial charge in [0.05, 0.1) is 12.2 Å². The Morgan fingerprint density at radius 3 is 2.95 bits per heavy atom. The molecular weight excluding hydrogens is 262 g/mol. The predicted octanol–water partition coefficient (Wildman–Crippen LogP) is 0.438. The summed E-state index contributed by atoms with van der Waals surface area (Å²) in [4.78, 5) is 12.0. The summed E-state index contributed by atoms with van der Waals surface area (Å²) in [5.41, 5.74) is 0.419. The Morgan fingerprint density at radius 2 is 2.42 bits per heavy atom. The van der Waals surface area contributed by atoms with Gasteiger partial charge in [-0.15, -0.1) is 5.10 Å². The fourth-order valence-electron chi connectivity index (χ4n) is 2.38. The lowest BCUT2D eigenvalue weighted by molar-refractivity contribution is 0.0939. The first-order valence-corrected chi connectivity index (χ1v) is 7.91. The molecule has 3 rings (SSSR count). The van der Waals surface area contributed by atoms with Gasteiger partial charge in [-0.05, 0) is 19.1 Å². The first-order chi connectivity index (χ1) is 9.22. The van der Waals surface area contributed by atoms with Gasteiger partial charge in [0.15, 0.2) is 5.69 Å². The fourth-order valence-corrected chi connectivity index (χ4v) is 3.29. The molecule has 104 valence electrons. The zero-order valence-electron chi connectivity index (χ0n) is 11.1. The number of rotatable bonds is 5. The Kier molecular flexibility index (Phi) is 3.49. The van der Waals surface area contributed by atoms with Gasteiger partial charge in [-0.25, -0.2) is 4.68 Å². The highest BCUT2D eigenvalue weighted by atomic mass is 32.2. The molecule has 2 N–H and O–H groups in total. The average molecular weight is 281 g/mol. The van der Waals surface area contributed by atoms with Crippen LogP contribution in [0, 0.1) is 0 Å². The van der Waals surface area contributed by atoms with Crippen molar-refractivity contribution in [3.63, 3.8) is 0 Å². The molecule has 0 aromatic carbocycles. The van der Waals surface area contributed by atoms with Gasteiger partial charge in [-0.3, -0.25) is 4.79 Å². The number of thioether (sulfide) groups is 1. The topological polar surface area (TPSA) is 71.8 Å². The zero-order valence-corrected chi connectivity index (χ0v) is 11.9. The van der Waals surface area contributed by atoms with E-state index in [1.54, 1.807) is 10.9 Å². The monoisotopic (exact) mass is 281 g/mol. The van der Waals surface area contributed by atoms with E-state index in [9.17, 15) is 4.79 Å². The molecule has 1 saturated carbocycles. The van der Waals surface area contributed by atoms with Gasteiger partial charge >= 0.3 is 0 Å². The summed E-state index contributed by atoms with van der Waals surface area (Å²) in [6.07, 6.45) is 7.50. The normalized spacial score (nSPS) is 21.5. The molecule has 1 aliphatic heterocycles. The standard InChI is InChI=1S/C12H19N5OS/c1-19-12(3-2-4-12)8-14-11(18)10-7-17(16-15-10)9-5-13-6-9/h7,9,13H,2-6,8H2,1H3,(H,14,18). The van der Waals surface area contributed by atoms with Crippen molar-refractivity contribution in [1.29, 1.82) is 0 Å². The van der Waals surface area contributed by atoms with Gasteiger partial charge in [0, 0.05) is 24.4 Å². The van der Waals surface area contributed by atoms with Crippen molar-refractivity contribution in [3.8, 4) is 0 Å². The second-order valence-corrected chi connectivity index (χ2v) is 6.59. The Labute approximate surface area is 116 Å². The van der Waals surface area contributed by atoms with Gasteiger partial charge in [0.2, 0.25) is 0 Å². The highest BCUT2D eigenvalue weighted by molar-refractivity contribution is 8.00. The molecule has 19 heavy (non-hydrogen) atoms. The van der Waals surface area contributed by atoms with Crippen LogP contribution in [-0.2, 0) is 0 Å². The third-order valence-electron chi connectivity index (χ3n) is 4.15. The van der Waals surface area contributed by atoms with Crippen molar-refractivity contribution < 1.29 is 4.79 Å². The molecule has 7 heteroatoms. The molecule has 1 aromatic heterocycles. The fraction of sp³-hybridized carbons (Fsp3) is 0.750. The van der Waals surface area contributed by atoms with Crippen molar-refractivity contribution in [1.82, 2.24) is 25.6 Å². The van der Waals surface area contributed by atoms with E-state index in [2.05, 4.69) is 27.2 Å². The molecule has 0 spiro atoms. The Bertz CT molecular complexity index is 461. The van der Waals surface area contributed by atoms with E-state index in [1.165, 1.54) is 19.3 Å². The van der Waals surface area contributed by atoms with Crippen molar-refractivity contribution in [2.45, 2.75) is 30.1 Å². The van der Waals surface area contributed by atoms with Crippen LogP contribution in [0.25, 0.3) is 0 Å². The van der Waals surface area contributed by atoms with E-state index in [1.807, 2.05) is 11.8 Å². The molecule has 0 bridgehead atoms. The number of amides is 1. The van der Waals surface area contributed by atoms with E-state index in [0.717, 1.165) is 19.6 Å². The summed E-state index contributed by atoms with van der Waals surface area (Å²) in [7, 11) is 0. The van der Waals surface area contributed by atoms with Crippen LogP contribution in [0.4, 0.5) is 0 Å². The van der Waals surface area contributed by atoms with E-state index in [4.69, 9.17) is 0 Å². The number of hydrogen-bond acceptors (Lipinski definition) is 5. The lowest BCUT2D eigenvalue weighted by Gasteiger charge is -2.40. The largest absolute Gasteiger partial charge is 0.349 e. The number of aromatic nitrogens is 3. The van der Waals surface area contributed by atoms with Crippen LogP contribution in [0.3, 0.4) is 0 Å². The van der Waals surface area contributed by atoms with Crippen molar-refractivity contribution in [3.05, 3.63) is 11.9 Å². The number of nitrogens with one attached hydrogen (secondary N) is 2. The summed E-state index contributed by atoms with van der Waals surface area (Å²) in [6, 6.07) is 0.346. The van der Waals surface area contributed by atoms with Crippen molar-refractivity contribution in [2.75, 3.05) is 25.9 Å². The van der Waals surface area contributed by atoms with E-state index < -0.39 is 0 Å². The zero-order chi connectivity index (χ0) is 13.3. The highest BCUT2D eigenvalue weighted by Crippen LogP contribution is 2.42. The highest BCUT2D eigenvalue weighted by Gasteiger charge is 2.36. The molecule has 0 atom stereocenters. The molecule has 6 nitrogen and oxygen atoms in total. The maximum absolute atomic E-state index is 12.0. The van der Waals surface area contributed by atoms with Gasteiger partial charge in [0.1, 0.15) is 0 Å². The minimum Gasteiger partial charge on any atom is -0.349 e. The van der Waals surface area contributed by atoms with Gasteiger partial charge in [0.25, 0.3) is 5.91 Å². The molecule has 0 radical (unpaired) electrons. The predicted molar refractivity (Wildman–Crippen MR) is 74.4 cm³/mol. The van der Waals surface area contributed by atoms with Gasteiger partial charge in [-0.1, -0.05) is 11.6 Å². The second kappa shape index (κ2) is 5.13. The summed E-state index contributed by atoms with van der Waals surface area (Å²) in [6.45, 7) is 2.53. The molecule has 1 aliphatic carbocycles. The van der Waals surface area contributed by atoms with Gasteiger partial charge in [-0.2, -0.15) is 11.8 Å². The summed E-state index contributed by atoms with van der Waals surface area (Å²) < 4.78 is 2.03. The quantitative estimate of drug-likeness (QED) is 0.819. The Balaban J connectivity index is 1.56. The Hall–Kier alpha value is -1.08. The maximum Gasteiger partial charge on any atom is 0.273 e. The lowest BCUT2D eigenvalue weighted by Crippen LogP contribution is -2.45. The minimum absolute atomic E-state index is 0.112. The minimum atomic E-state index is -0.112. The average Bonchev–Trinajstić information content (AvgIpc) is 2.75. The Morgan fingerprint density at radius 1 is 1.63 bits per heavy atom. The maximum atomic E-state index is 12.0. The van der Waals surface area contributed by atoms with Crippen LogP contribution in [-0.4, -0.2) is 51.5 Å². The molecule has 1 saturated heterocycles. The molecule has 1 aromatic rings. The molecule has 2 aliphatic rings. The third-order valence-corrected chi connectivity index (χ3v) is 5.56. The number of carbonyl (C=O) groups is 1. The first-order valence-electron chi connectivity index (χ1n) is 6.68. The third kappa shape index (κ3) is 2.49. The van der Waals surface area contributed by atoms with E-state index in [0.29, 0.717) is 11.7 Å². The molecular formula is C12H19N5OS. The number of hydrogen-bond donors (Lipinski definition) is 2. The molecule has 2 heterocycles. The van der Waals surface area contributed by atoms with Crippen LogP contribution in [0.2, 0.25) is 0 Å². The number of carbonyl (C=O) groups excluding carboxylic acids is 1. The SMILES string of the molecule is CSC1(CNC(=O)c2cn(C3CNC3)nn2)CCC1. The molecule has 2 fully saturated rings. The summed E-state index contributed by atoms with van der Waals surface area (Å²) >= 11 is 1.85. The molecule has 0 unspecified atom stereocenters. The van der Waals surface area contributed by atoms with Crippen molar-refractivity contribution in [2.24, 2.45) is 0 Å². The van der Waals surface area contributed by atoms with Crippen LogP contribution >= 0.6 is 11.8 Å². The summed E-state index contributed by atoms with van der Waals surface area (Å²) in [5, 5.41) is 14.1. The smallest absolute Gasteiger partial charge is 0.273 e. The second-order valence-electron chi connectivity index (χ2n) is 5.32. The van der Waals surface area contributed by atoms with Crippen molar-refractivity contribution >= 4 is 17.7 Å². The van der Waals surface area contributed by atoms with Crippen LogP contribution in [0.5, 0.6) is 0 Å². The van der Waals surface area contributed by atoms with Gasteiger partial charge < -0.3 is 10.6 Å². The summed E-state index contributed by atoms with van der Waals surface area (Å²) in [5.74, 6) is -0.112. The first kappa shape index (κ1) is 12.9.